The van der Waals surface area contributed by atoms with Crippen molar-refractivity contribution < 1.29 is 19.4 Å². The predicted molar refractivity (Wildman–Crippen MR) is 79.6 cm³/mol. The maximum absolute atomic E-state index is 12.0. The Hall–Kier alpha value is -2.54. The number of esters is 1. The molecule has 0 aliphatic heterocycles. The standard InChI is InChI=1S/C15H19N3O4/c1-21-13-4-3-11(9-12(13)19)14(15(20)22-2)17-6-8-18-7-5-16-10-18/h3-5,7,9-10,14,17,19H,6,8H2,1-2H3. The van der Waals surface area contributed by atoms with Crippen LogP contribution >= 0.6 is 0 Å². The molecule has 0 saturated heterocycles. The smallest absolute Gasteiger partial charge is 0.327 e. The number of rotatable bonds is 7. The molecule has 1 aromatic carbocycles. The summed E-state index contributed by atoms with van der Waals surface area (Å²) in [5, 5.41) is 13.0. The van der Waals surface area contributed by atoms with Gasteiger partial charge in [-0.1, -0.05) is 6.07 Å². The normalized spacial score (nSPS) is 11.9. The molecule has 0 bridgehead atoms. The molecule has 1 atom stereocenters. The summed E-state index contributed by atoms with van der Waals surface area (Å²) in [7, 11) is 2.80. The summed E-state index contributed by atoms with van der Waals surface area (Å²) in [6.07, 6.45) is 5.24. The quantitative estimate of drug-likeness (QED) is 0.745. The Morgan fingerprint density at radius 2 is 2.27 bits per heavy atom. The molecule has 7 nitrogen and oxygen atoms in total. The lowest BCUT2D eigenvalue weighted by Gasteiger charge is -2.18. The first-order valence-corrected chi connectivity index (χ1v) is 6.79. The highest BCUT2D eigenvalue weighted by atomic mass is 16.5. The summed E-state index contributed by atoms with van der Waals surface area (Å²) >= 11 is 0. The van der Waals surface area contributed by atoms with Crippen LogP contribution in [0.15, 0.2) is 36.9 Å². The molecule has 7 heteroatoms. The van der Waals surface area contributed by atoms with E-state index in [0.717, 1.165) is 0 Å². The minimum Gasteiger partial charge on any atom is -0.504 e. The minimum absolute atomic E-state index is 0.0229. The number of aromatic hydroxyl groups is 1. The third-order valence-electron chi connectivity index (χ3n) is 3.25. The van der Waals surface area contributed by atoms with Crippen molar-refractivity contribution in [2.75, 3.05) is 20.8 Å². The van der Waals surface area contributed by atoms with E-state index in [1.54, 1.807) is 24.7 Å². The number of carbonyl (C=O) groups excluding carboxylic acids is 1. The van der Waals surface area contributed by atoms with Crippen molar-refractivity contribution in [1.82, 2.24) is 14.9 Å². The molecule has 1 aromatic heterocycles. The Morgan fingerprint density at radius 1 is 1.45 bits per heavy atom. The van der Waals surface area contributed by atoms with E-state index in [9.17, 15) is 9.90 Å². The third kappa shape index (κ3) is 3.76. The average molecular weight is 305 g/mol. The third-order valence-corrected chi connectivity index (χ3v) is 3.25. The first-order valence-electron chi connectivity index (χ1n) is 6.79. The predicted octanol–water partition coefficient (Wildman–Crippen LogP) is 1.10. The summed E-state index contributed by atoms with van der Waals surface area (Å²) in [4.78, 5) is 15.9. The van der Waals surface area contributed by atoms with Crippen LogP contribution in [-0.2, 0) is 16.1 Å². The zero-order chi connectivity index (χ0) is 15.9. The van der Waals surface area contributed by atoms with Crippen LogP contribution in [0.2, 0.25) is 0 Å². The summed E-state index contributed by atoms with van der Waals surface area (Å²) in [6.45, 7) is 1.21. The number of hydrogen-bond donors (Lipinski definition) is 2. The van der Waals surface area contributed by atoms with Gasteiger partial charge in [-0.2, -0.15) is 0 Å². The van der Waals surface area contributed by atoms with Crippen molar-refractivity contribution in [3.63, 3.8) is 0 Å². The van der Waals surface area contributed by atoms with Crippen molar-refractivity contribution >= 4 is 5.97 Å². The second kappa shape index (κ2) is 7.46. The van der Waals surface area contributed by atoms with Gasteiger partial charge in [0.25, 0.3) is 0 Å². The Kier molecular flexibility index (Phi) is 5.37. The number of carbonyl (C=O) groups is 1. The van der Waals surface area contributed by atoms with E-state index in [0.29, 0.717) is 24.4 Å². The lowest BCUT2D eigenvalue weighted by Crippen LogP contribution is -2.31. The van der Waals surface area contributed by atoms with Gasteiger partial charge < -0.3 is 19.1 Å². The minimum atomic E-state index is -0.662. The highest BCUT2D eigenvalue weighted by Gasteiger charge is 2.21. The lowest BCUT2D eigenvalue weighted by molar-refractivity contribution is -0.143. The molecule has 0 radical (unpaired) electrons. The monoisotopic (exact) mass is 305 g/mol. The largest absolute Gasteiger partial charge is 0.504 e. The second-order valence-electron chi connectivity index (χ2n) is 4.64. The fourth-order valence-electron chi connectivity index (χ4n) is 2.10. The number of ether oxygens (including phenoxy) is 2. The number of aromatic nitrogens is 2. The molecule has 0 saturated carbocycles. The van der Waals surface area contributed by atoms with Crippen molar-refractivity contribution in [3.8, 4) is 11.5 Å². The highest BCUT2D eigenvalue weighted by molar-refractivity contribution is 5.77. The highest BCUT2D eigenvalue weighted by Crippen LogP contribution is 2.29. The Morgan fingerprint density at radius 3 is 2.86 bits per heavy atom. The van der Waals surface area contributed by atoms with E-state index in [1.807, 2.05) is 10.8 Å². The fourth-order valence-corrected chi connectivity index (χ4v) is 2.10. The zero-order valence-corrected chi connectivity index (χ0v) is 12.5. The SMILES string of the molecule is COC(=O)C(NCCn1ccnc1)c1ccc(OC)c(O)c1. The van der Waals surface area contributed by atoms with E-state index >= 15 is 0 Å². The van der Waals surface area contributed by atoms with Gasteiger partial charge in [0, 0.05) is 25.5 Å². The first kappa shape index (κ1) is 15.8. The second-order valence-corrected chi connectivity index (χ2v) is 4.64. The molecule has 2 rings (SSSR count). The number of nitrogens with one attached hydrogen (secondary N) is 1. The maximum atomic E-state index is 12.0. The molecule has 0 amide bonds. The van der Waals surface area contributed by atoms with Gasteiger partial charge in [0.2, 0.25) is 0 Å². The van der Waals surface area contributed by atoms with Gasteiger partial charge in [-0.3, -0.25) is 5.32 Å². The Bertz CT molecular complexity index is 613. The van der Waals surface area contributed by atoms with Crippen molar-refractivity contribution in [2.45, 2.75) is 12.6 Å². The van der Waals surface area contributed by atoms with Crippen LogP contribution in [0.5, 0.6) is 11.5 Å². The van der Waals surface area contributed by atoms with Crippen molar-refractivity contribution in [3.05, 3.63) is 42.5 Å². The van der Waals surface area contributed by atoms with Crippen molar-refractivity contribution in [2.24, 2.45) is 0 Å². The lowest BCUT2D eigenvalue weighted by atomic mass is 10.1. The van der Waals surface area contributed by atoms with Crippen molar-refractivity contribution in [1.29, 1.82) is 0 Å². The number of benzene rings is 1. The van der Waals surface area contributed by atoms with Gasteiger partial charge in [-0.05, 0) is 17.7 Å². The van der Waals surface area contributed by atoms with Crippen LogP contribution in [0.1, 0.15) is 11.6 Å². The van der Waals surface area contributed by atoms with E-state index in [1.165, 1.54) is 20.3 Å². The van der Waals surface area contributed by atoms with Gasteiger partial charge >= 0.3 is 5.97 Å². The maximum Gasteiger partial charge on any atom is 0.327 e. The molecule has 22 heavy (non-hydrogen) atoms. The van der Waals surface area contributed by atoms with Crippen LogP contribution in [0.25, 0.3) is 0 Å². The topological polar surface area (TPSA) is 85.6 Å². The number of nitrogens with zero attached hydrogens (tertiary/aromatic N) is 2. The van der Waals surface area contributed by atoms with E-state index in [2.05, 4.69) is 10.3 Å². The molecular formula is C15H19N3O4. The number of imidazole rings is 1. The summed E-state index contributed by atoms with van der Waals surface area (Å²) in [5.74, 6) is -0.0914. The van der Waals surface area contributed by atoms with E-state index in [-0.39, 0.29) is 5.75 Å². The molecule has 2 N–H and O–H groups in total. The molecule has 118 valence electrons. The molecule has 0 aliphatic carbocycles. The summed E-state index contributed by atoms with van der Waals surface area (Å²) < 4.78 is 11.7. The van der Waals surface area contributed by atoms with Crippen LogP contribution in [0.3, 0.4) is 0 Å². The molecule has 1 unspecified atom stereocenters. The van der Waals surface area contributed by atoms with E-state index in [4.69, 9.17) is 9.47 Å². The Balaban J connectivity index is 2.08. The van der Waals surface area contributed by atoms with Gasteiger partial charge in [0.1, 0.15) is 6.04 Å². The van der Waals surface area contributed by atoms with Crippen LogP contribution < -0.4 is 10.1 Å². The van der Waals surface area contributed by atoms with Crippen LogP contribution in [0.4, 0.5) is 0 Å². The molecule has 0 aliphatic rings. The van der Waals surface area contributed by atoms with Gasteiger partial charge in [-0.25, -0.2) is 9.78 Å². The fraction of sp³-hybridized carbons (Fsp3) is 0.333. The molecular weight excluding hydrogens is 286 g/mol. The first-order chi connectivity index (χ1) is 10.7. The molecule has 1 heterocycles. The Labute approximate surface area is 128 Å². The number of methoxy groups -OCH3 is 2. The zero-order valence-electron chi connectivity index (χ0n) is 12.5. The van der Waals surface area contributed by atoms with E-state index < -0.39 is 12.0 Å². The molecule has 0 spiro atoms. The average Bonchev–Trinajstić information content (AvgIpc) is 3.04. The van der Waals surface area contributed by atoms with Gasteiger partial charge in [0.15, 0.2) is 11.5 Å². The number of phenols is 1. The number of phenolic OH excluding ortho intramolecular Hbond substituents is 1. The van der Waals surface area contributed by atoms with Crippen LogP contribution in [-0.4, -0.2) is 41.4 Å². The summed E-state index contributed by atoms with van der Waals surface area (Å²) in [5.41, 5.74) is 0.607. The molecule has 0 fully saturated rings. The summed E-state index contributed by atoms with van der Waals surface area (Å²) in [6, 6.07) is 4.15. The van der Waals surface area contributed by atoms with Gasteiger partial charge in [0.05, 0.1) is 20.5 Å². The molecule has 2 aromatic rings. The number of hydrogen-bond acceptors (Lipinski definition) is 6. The van der Waals surface area contributed by atoms with Gasteiger partial charge in [-0.15, -0.1) is 0 Å². The van der Waals surface area contributed by atoms with Crippen LogP contribution in [0, 0.1) is 0 Å².